The lowest BCUT2D eigenvalue weighted by molar-refractivity contribution is -0.121. The molecule has 38 heavy (non-hydrogen) atoms. The molecule has 5 rings (SSSR count). The van der Waals surface area contributed by atoms with Crippen molar-refractivity contribution in [2.75, 3.05) is 5.32 Å². The number of carbonyl (C=O) groups excluding carboxylic acids is 2. The minimum atomic E-state index is -0.513. The lowest BCUT2D eigenvalue weighted by Crippen LogP contribution is -2.28. The lowest BCUT2D eigenvalue weighted by Gasteiger charge is -2.18. The summed E-state index contributed by atoms with van der Waals surface area (Å²) >= 11 is 12.2. The van der Waals surface area contributed by atoms with Crippen molar-refractivity contribution in [3.63, 3.8) is 0 Å². The molecule has 192 valence electrons. The molecule has 8 heteroatoms. The van der Waals surface area contributed by atoms with E-state index in [1.54, 1.807) is 18.2 Å². The molecule has 0 unspecified atom stereocenters. The zero-order valence-electron chi connectivity index (χ0n) is 20.6. The number of fused-ring (bicyclic) bond motifs is 1. The number of carbonyl (C=O) groups is 2. The molecule has 0 spiro atoms. The maximum absolute atomic E-state index is 13.4. The van der Waals surface area contributed by atoms with Gasteiger partial charge in [-0.1, -0.05) is 83.9 Å². The highest BCUT2D eigenvalue weighted by Crippen LogP contribution is 2.32. The molecular weight excluding hydrogens is 521 g/mol. The number of anilines is 1. The summed E-state index contributed by atoms with van der Waals surface area (Å²) < 4.78 is 5.98. The van der Waals surface area contributed by atoms with Gasteiger partial charge in [-0.25, -0.2) is 5.43 Å². The number of hydrogen-bond acceptors (Lipinski definition) is 4. The summed E-state index contributed by atoms with van der Waals surface area (Å²) in [7, 11) is 0. The molecule has 3 aromatic carbocycles. The van der Waals surface area contributed by atoms with E-state index in [0.29, 0.717) is 45.6 Å². The number of nitrogens with zero attached hydrogens (tertiary/aromatic N) is 1. The van der Waals surface area contributed by atoms with E-state index in [1.165, 1.54) is 0 Å². The molecule has 2 N–H and O–H groups in total. The summed E-state index contributed by atoms with van der Waals surface area (Å²) in [4.78, 5) is 26.5. The Labute approximate surface area is 230 Å². The molecule has 0 saturated carbocycles. The molecule has 1 aliphatic carbocycles. The van der Waals surface area contributed by atoms with Gasteiger partial charge in [-0.2, -0.15) is 5.10 Å². The number of furan rings is 1. The molecule has 6 nitrogen and oxygen atoms in total. The molecule has 1 aliphatic rings. The van der Waals surface area contributed by atoms with Crippen molar-refractivity contribution in [3.05, 3.63) is 123 Å². The zero-order valence-corrected chi connectivity index (χ0v) is 22.1. The Bertz CT molecular complexity index is 1480. The van der Waals surface area contributed by atoms with Crippen LogP contribution in [0.5, 0.6) is 0 Å². The van der Waals surface area contributed by atoms with Crippen LogP contribution in [0.15, 0.2) is 88.4 Å². The van der Waals surface area contributed by atoms with Crippen LogP contribution in [0.2, 0.25) is 10.0 Å². The quantitative estimate of drug-likeness (QED) is 0.252. The number of rotatable bonds is 6. The van der Waals surface area contributed by atoms with Gasteiger partial charge in [0.25, 0.3) is 11.8 Å². The van der Waals surface area contributed by atoms with Crippen molar-refractivity contribution in [2.24, 2.45) is 5.10 Å². The van der Waals surface area contributed by atoms with Gasteiger partial charge in [-0.05, 0) is 49.1 Å². The summed E-state index contributed by atoms with van der Waals surface area (Å²) in [5.41, 5.74) is 7.08. The maximum atomic E-state index is 13.4. The third kappa shape index (κ3) is 5.37. The average Bonchev–Trinajstić information content (AvgIpc) is 3.27. The van der Waals surface area contributed by atoms with E-state index in [2.05, 4.69) is 15.8 Å². The first-order valence-corrected chi connectivity index (χ1v) is 13.0. The number of hydrazone groups is 1. The van der Waals surface area contributed by atoms with Crippen LogP contribution in [0.25, 0.3) is 0 Å². The van der Waals surface area contributed by atoms with Crippen molar-refractivity contribution in [3.8, 4) is 0 Å². The zero-order chi connectivity index (χ0) is 26.6. The largest absolute Gasteiger partial charge is 0.455 e. The van der Waals surface area contributed by atoms with Crippen LogP contribution in [0.3, 0.4) is 0 Å². The molecule has 0 atom stereocenters. The van der Waals surface area contributed by atoms with Crippen molar-refractivity contribution >= 4 is 46.4 Å². The van der Waals surface area contributed by atoms with E-state index >= 15 is 0 Å². The van der Waals surface area contributed by atoms with Gasteiger partial charge in [0.05, 0.1) is 22.3 Å². The summed E-state index contributed by atoms with van der Waals surface area (Å²) in [6.07, 6.45) is 2.12. The van der Waals surface area contributed by atoms with E-state index in [4.69, 9.17) is 27.6 Å². The Morgan fingerprint density at radius 3 is 2.21 bits per heavy atom. The van der Waals surface area contributed by atoms with Crippen LogP contribution in [-0.4, -0.2) is 17.5 Å². The average molecular weight is 546 g/mol. The fourth-order valence-corrected chi connectivity index (χ4v) is 5.20. The second kappa shape index (κ2) is 11.3. The van der Waals surface area contributed by atoms with Gasteiger partial charge in [0.2, 0.25) is 0 Å². The molecule has 0 fully saturated rings. The predicted molar refractivity (Wildman–Crippen MR) is 150 cm³/mol. The number of aryl methyl sites for hydroxylation is 1. The minimum Gasteiger partial charge on any atom is -0.455 e. The number of nitrogens with one attached hydrogen (secondary N) is 2. The van der Waals surface area contributed by atoms with Crippen LogP contribution >= 0.6 is 23.2 Å². The summed E-state index contributed by atoms with van der Waals surface area (Å²) in [6.45, 7) is 1.82. The molecule has 0 aliphatic heterocycles. The molecule has 2 amide bonds. The first-order chi connectivity index (χ1) is 18.4. The highest BCUT2D eigenvalue weighted by atomic mass is 35.5. The van der Waals surface area contributed by atoms with Gasteiger partial charge in [-0.15, -0.1) is 0 Å². The van der Waals surface area contributed by atoms with Gasteiger partial charge in [0.15, 0.2) is 5.76 Å². The normalized spacial score (nSPS) is 13.8. The SMILES string of the molecule is Cc1c(C(=O)Nc2ccc(Cl)cc2Cl)oc2c1/C(=N/NC(=O)C(c1ccccc1)c1ccccc1)CCC2. The van der Waals surface area contributed by atoms with Crippen LogP contribution < -0.4 is 10.7 Å². The molecule has 4 aromatic rings. The molecule has 1 aromatic heterocycles. The van der Waals surface area contributed by atoms with Gasteiger partial charge >= 0.3 is 0 Å². The Kier molecular flexibility index (Phi) is 7.63. The number of halogens is 2. The first-order valence-electron chi connectivity index (χ1n) is 12.3. The topological polar surface area (TPSA) is 83.7 Å². The minimum absolute atomic E-state index is 0.188. The Morgan fingerprint density at radius 2 is 1.58 bits per heavy atom. The fraction of sp³-hybridized carbons (Fsp3) is 0.167. The van der Waals surface area contributed by atoms with Crippen molar-refractivity contribution < 1.29 is 14.0 Å². The first kappa shape index (κ1) is 25.8. The number of amides is 2. The van der Waals surface area contributed by atoms with Gasteiger partial charge in [0.1, 0.15) is 5.76 Å². The van der Waals surface area contributed by atoms with Gasteiger partial charge in [0, 0.05) is 22.6 Å². The van der Waals surface area contributed by atoms with E-state index in [-0.39, 0.29) is 11.7 Å². The Morgan fingerprint density at radius 1 is 0.921 bits per heavy atom. The van der Waals surface area contributed by atoms with E-state index in [1.807, 2.05) is 67.6 Å². The maximum Gasteiger partial charge on any atom is 0.291 e. The van der Waals surface area contributed by atoms with Crippen LogP contribution in [-0.2, 0) is 11.2 Å². The lowest BCUT2D eigenvalue weighted by atomic mass is 9.90. The summed E-state index contributed by atoms with van der Waals surface area (Å²) in [6, 6.07) is 24.1. The van der Waals surface area contributed by atoms with Crippen LogP contribution in [0.4, 0.5) is 5.69 Å². The van der Waals surface area contributed by atoms with Gasteiger partial charge < -0.3 is 9.73 Å². The van der Waals surface area contributed by atoms with Crippen molar-refractivity contribution in [1.29, 1.82) is 0 Å². The standard InChI is InChI=1S/C30H25Cl2N3O3/c1-18-26-24(34-35-29(36)27(19-9-4-2-5-10-19)20-11-6-3-7-12-20)13-8-14-25(26)38-28(18)30(37)33-23-16-15-21(31)17-22(23)32/h2-7,9-12,15-17,27H,8,13-14H2,1H3,(H,33,37)(H,35,36)/b34-24+. The van der Waals surface area contributed by atoms with Crippen molar-refractivity contribution in [2.45, 2.75) is 32.1 Å². The van der Waals surface area contributed by atoms with E-state index in [9.17, 15) is 9.59 Å². The number of hydrogen-bond donors (Lipinski definition) is 2. The second-order valence-corrected chi connectivity index (χ2v) is 9.92. The molecule has 0 bridgehead atoms. The van der Waals surface area contributed by atoms with E-state index in [0.717, 1.165) is 23.1 Å². The molecule has 0 radical (unpaired) electrons. The number of benzene rings is 3. The van der Waals surface area contributed by atoms with E-state index < -0.39 is 11.8 Å². The third-order valence-electron chi connectivity index (χ3n) is 6.54. The Hall–Kier alpha value is -3.87. The highest BCUT2D eigenvalue weighted by Gasteiger charge is 2.29. The Balaban J connectivity index is 1.40. The fourth-order valence-electron chi connectivity index (χ4n) is 4.74. The van der Waals surface area contributed by atoms with Crippen LogP contribution in [0.1, 0.15) is 57.3 Å². The molecule has 0 saturated heterocycles. The third-order valence-corrected chi connectivity index (χ3v) is 7.09. The van der Waals surface area contributed by atoms with Crippen LogP contribution in [0, 0.1) is 6.92 Å². The summed E-state index contributed by atoms with van der Waals surface area (Å²) in [5.74, 6) is -0.304. The highest BCUT2D eigenvalue weighted by molar-refractivity contribution is 6.36. The monoisotopic (exact) mass is 545 g/mol. The predicted octanol–water partition coefficient (Wildman–Crippen LogP) is 7.14. The second-order valence-electron chi connectivity index (χ2n) is 9.08. The smallest absolute Gasteiger partial charge is 0.291 e. The molecular formula is C30H25Cl2N3O3. The van der Waals surface area contributed by atoms with Gasteiger partial charge in [-0.3, -0.25) is 9.59 Å². The summed E-state index contributed by atoms with van der Waals surface area (Å²) in [5, 5.41) is 8.12. The molecule has 1 heterocycles. The van der Waals surface area contributed by atoms with Crippen molar-refractivity contribution in [1.82, 2.24) is 5.43 Å².